The van der Waals surface area contributed by atoms with E-state index < -0.39 is 0 Å². The Morgan fingerprint density at radius 3 is 2.20 bits per heavy atom. The van der Waals surface area contributed by atoms with Crippen LogP contribution in [-0.2, 0) is 0 Å². The van der Waals surface area contributed by atoms with E-state index in [1.807, 2.05) is 14.1 Å². The van der Waals surface area contributed by atoms with Crippen LogP contribution in [0.5, 0.6) is 0 Å². The van der Waals surface area contributed by atoms with E-state index in [4.69, 9.17) is 11.6 Å². The molecule has 0 aliphatic rings. The summed E-state index contributed by atoms with van der Waals surface area (Å²) >= 11 is 5.85. The molecule has 0 aliphatic carbocycles. The minimum atomic E-state index is -0.224. The average Bonchev–Trinajstić information content (AvgIpc) is 2.57. The summed E-state index contributed by atoms with van der Waals surface area (Å²) in [6.07, 6.45) is 0. The minimum absolute atomic E-state index is 0.173. The first-order valence-corrected chi connectivity index (χ1v) is 8.62. The number of amides is 2. The number of likely N-dealkylation sites (N-methyl/N-ethyl adjacent to an activating group) is 1. The summed E-state index contributed by atoms with van der Waals surface area (Å²) in [5, 5.41) is 6.41. The Balaban J connectivity index is 1.96. The van der Waals surface area contributed by atoms with Crippen LogP contribution in [-0.4, -0.2) is 40.8 Å². The lowest BCUT2D eigenvalue weighted by Gasteiger charge is -2.23. The minimum Gasteiger partial charge on any atom is -0.378 e. The molecule has 0 saturated carbocycles. The van der Waals surface area contributed by atoms with Crippen LogP contribution in [0.2, 0.25) is 5.02 Å². The maximum atomic E-state index is 12.1. The molecule has 3 N–H and O–H groups in total. The first-order chi connectivity index (χ1) is 11.9. The fourth-order valence-corrected chi connectivity index (χ4v) is 2.69. The number of hydrogen-bond donors (Lipinski definition) is 3. The lowest BCUT2D eigenvalue weighted by Crippen LogP contribution is -3.07. The smallest absolute Gasteiger partial charge is 0.319 e. The van der Waals surface area contributed by atoms with Crippen molar-refractivity contribution in [1.29, 1.82) is 0 Å². The Bertz CT molecular complexity index is 684. The zero-order valence-electron chi connectivity index (χ0n) is 15.1. The number of halogens is 1. The van der Waals surface area contributed by atoms with Gasteiger partial charge in [0.15, 0.2) is 0 Å². The van der Waals surface area contributed by atoms with E-state index in [-0.39, 0.29) is 12.1 Å². The van der Waals surface area contributed by atoms with Gasteiger partial charge in [-0.15, -0.1) is 0 Å². The number of nitrogens with one attached hydrogen (secondary N) is 3. The summed E-state index contributed by atoms with van der Waals surface area (Å²) < 4.78 is 0. The first-order valence-electron chi connectivity index (χ1n) is 8.24. The molecule has 0 aromatic heterocycles. The molecule has 134 valence electrons. The number of anilines is 2. The van der Waals surface area contributed by atoms with Crippen molar-refractivity contribution < 1.29 is 9.69 Å². The summed E-state index contributed by atoms with van der Waals surface area (Å²) in [5.74, 6) is 0. The van der Waals surface area contributed by atoms with Crippen LogP contribution in [0.3, 0.4) is 0 Å². The Labute approximate surface area is 154 Å². The van der Waals surface area contributed by atoms with Gasteiger partial charge in [-0.3, -0.25) is 0 Å². The van der Waals surface area contributed by atoms with Crippen molar-refractivity contribution in [3.05, 3.63) is 59.1 Å². The van der Waals surface area contributed by atoms with Crippen LogP contribution in [0.1, 0.15) is 11.6 Å². The van der Waals surface area contributed by atoms with Crippen LogP contribution in [0, 0.1) is 0 Å². The molecule has 5 nitrogen and oxygen atoms in total. The van der Waals surface area contributed by atoms with Crippen LogP contribution in [0.15, 0.2) is 48.5 Å². The van der Waals surface area contributed by atoms with Gasteiger partial charge in [0, 0.05) is 36.1 Å². The SMILES string of the molecule is CN(C)c1ccc([C@@H](CNC(=O)Nc2ccc(Cl)cc2)[NH+](C)C)cc1. The molecule has 0 unspecified atom stereocenters. The van der Waals surface area contributed by atoms with Gasteiger partial charge < -0.3 is 20.4 Å². The van der Waals surface area contributed by atoms with Crippen molar-refractivity contribution in [2.24, 2.45) is 0 Å². The van der Waals surface area contributed by atoms with Gasteiger partial charge in [-0.05, 0) is 36.4 Å². The summed E-state index contributed by atoms with van der Waals surface area (Å²) in [5.41, 5.74) is 3.06. The molecule has 0 heterocycles. The molecule has 0 aliphatic heterocycles. The summed E-state index contributed by atoms with van der Waals surface area (Å²) in [4.78, 5) is 15.5. The summed E-state index contributed by atoms with van der Waals surface area (Å²) in [7, 11) is 8.21. The number of carbonyl (C=O) groups is 1. The van der Waals surface area contributed by atoms with Crippen LogP contribution < -0.4 is 20.4 Å². The third-order valence-electron chi connectivity index (χ3n) is 4.08. The molecule has 0 radical (unpaired) electrons. The van der Waals surface area contributed by atoms with Crippen LogP contribution in [0.25, 0.3) is 0 Å². The Morgan fingerprint density at radius 2 is 1.68 bits per heavy atom. The molecule has 0 fully saturated rings. The van der Waals surface area contributed by atoms with Gasteiger partial charge in [0.25, 0.3) is 0 Å². The molecule has 6 heteroatoms. The monoisotopic (exact) mass is 361 g/mol. The van der Waals surface area contributed by atoms with Crippen molar-refractivity contribution >= 4 is 29.0 Å². The lowest BCUT2D eigenvalue weighted by atomic mass is 10.1. The zero-order valence-corrected chi connectivity index (χ0v) is 15.9. The molecule has 2 rings (SSSR count). The van der Waals surface area contributed by atoms with Crippen molar-refractivity contribution in [1.82, 2.24) is 5.32 Å². The van der Waals surface area contributed by atoms with Gasteiger partial charge in [0.05, 0.1) is 20.6 Å². The molecule has 0 saturated heterocycles. The molecular weight excluding hydrogens is 336 g/mol. The van der Waals surface area contributed by atoms with Gasteiger partial charge >= 0.3 is 6.03 Å². The van der Waals surface area contributed by atoms with E-state index in [0.29, 0.717) is 17.3 Å². The van der Waals surface area contributed by atoms with Crippen LogP contribution >= 0.6 is 11.6 Å². The van der Waals surface area contributed by atoms with Gasteiger partial charge in [-0.1, -0.05) is 23.7 Å². The Morgan fingerprint density at radius 1 is 1.08 bits per heavy atom. The van der Waals surface area contributed by atoms with Gasteiger partial charge in [0.1, 0.15) is 6.04 Å². The van der Waals surface area contributed by atoms with E-state index in [2.05, 4.69) is 53.9 Å². The average molecular weight is 362 g/mol. The Kier molecular flexibility index (Phi) is 6.67. The number of hydrogen-bond acceptors (Lipinski definition) is 2. The number of nitrogens with zero attached hydrogens (tertiary/aromatic N) is 1. The van der Waals surface area contributed by atoms with E-state index in [0.717, 1.165) is 5.69 Å². The van der Waals surface area contributed by atoms with Crippen molar-refractivity contribution in [2.45, 2.75) is 6.04 Å². The third-order valence-corrected chi connectivity index (χ3v) is 4.33. The summed E-state index contributed by atoms with van der Waals surface area (Å²) in [6, 6.07) is 15.4. The highest BCUT2D eigenvalue weighted by atomic mass is 35.5. The van der Waals surface area contributed by atoms with Gasteiger partial charge in [-0.25, -0.2) is 4.79 Å². The second kappa shape index (κ2) is 8.74. The number of carbonyl (C=O) groups excluding carboxylic acids is 1. The van der Waals surface area contributed by atoms with E-state index >= 15 is 0 Å². The second-order valence-corrected chi connectivity index (χ2v) is 6.89. The maximum absolute atomic E-state index is 12.1. The maximum Gasteiger partial charge on any atom is 0.319 e. The molecule has 2 amide bonds. The number of rotatable bonds is 6. The fourth-order valence-electron chi connectivity index (χ4n) is 2.56. The van der Waals surface area contributed by atoms with Crippen molar-refractivity contribution in [2.75, 3.05) is 45.0 Å². The van der Waals surface area contributed by atoms with E-state index in [9.17, 15) is 4.79 Å². The fraction of sp³-hybridized carbons (Fsp3) is 0.316. The normalized spacial score (nSPS) is 11.9. The van der Waals surface area contributed by atoms with Crippen molar-refractivity contribution in [3.8, 4) is 0 Å². The van der Waals surface area contributed by atoms with Gasteiger partial charge in [0.2, 0.25) is 0 Å². The quantitative estimate of drug-likeness (QED) is 0.740. The molecule has 0 bridgehead atoms. The number of quaternary nitrogens is 1. The predicted molar refractivity (Wildman–Crippen MR) is 105 cm³/mol. The standard InChI is InChI=1S/C19H25ClN4O/c1-23(2)17-11-5-14(6-12-17)18(24(3)4)13-21-19(25)22-16-9-7-15(20)8-10-16/h5-12,18H,13H2,1-4H3,(H2,21,22,25)/p+1/t18-/m1/s1. The van der Waals surface area contributed by atoms with Gasteiger partial charge in [-0.2, -0.15) is 0 Å². The lowest BCUT2D eigenvalue weighted by molar-refractivity contribution is -0.890. The second-order valence-electron chi connectivity index (χ2n) is 6.46. The van der Waals surface area contributed by atoms with Crippen LogP contribution in [0.4, 0.5) is 16.2 Å². The molecule has 2 aromatic rings. The first kappa shape index (κ1) is 19.1. The van der Waals surface area contributed by atoms with Crippen molar-refractivity contribution in [3.63, 3.8) is 0 Å². The zero-order chi connectivity index (χ0) is 18.4. The Hall–Kier alpha value is -2.24. The molecule has 1 atom stereocenters. The number of benzene rings is 2. The molecule has 25 heavy (non-hydrogen) atoms. The van der Waals surface area contributed by atoms with E-state index in [1.54, 1.807) is 24.3 Å². The topological polar surface area (TPSA) is 48.8 Å². The largest absolute Gasteiger partial charge is 0.378 e. The highest BCUT2D eigenvalue weighted by molar-refractivity contribution is 6.30. The third kappa shape index (κ3) is 5.66. The number of urea groups is 1. The molecule has 2 aromatic carbocycles. The molecule has 0 spiro atoms. The highest BCUT2D eigenvalue weighted by Crippen LogP contribution is 2.16. The van der Waals surface area contributed by atoms with E-state index in [1.165, 1.54) is 10.5 Å². The predicted octanol–water partition coefficient (Wildman–Crippen LogP) is 2.41. The highest BCUT2D eigenvalue weighted by Gasteiger charge is 2.19. The summed E-state index contributed by atoms with van der Waals surface area (Å²) in [6.45, 7) is 0.545. The molecular formula is C19H26ClN4O+.